The molecule has 0 heterocycles. The first-order valence-electron chi connectivity index (χ1n) is 4.93. The Morgan fingerprint density at radius 1 is 1.00 bits per heavy atom. The van der Waals surface area contributed by atoms with Gasteiger partial charge in [-0.25, -0.2) is 8.42 Å². The standard InChI is InChI=1S/C12H8Cl2NO2S/c13-10-7-4-8-11(14)12(10)18(16,17)15-9-5-2-1-3-6-9/h2-8,15H. The summed E-state index contributed by atoms with van der Waals surface area (Å²) in [5.41, 5.74) is 0.421. The first-order chi connectivity index (χ1) is 8.50. The summed E-state index contributed by atoms with van der Waals surface area (Å²) in [5.74, 6) is 0. The van der Waals surface area contributed by atoms with E-state index in [1.54, 1.807) is 30.3 Å². The Morgan fingerprint density at radius 3 is 2.11 bits per heavy atom. The van der Waals surface area contributed by atoms with Gasteiger partial charge >= 0.3 is 0 Å². The van der Waals surface area contributed by atoms with E-state index in [2.05, 4.69) is 10.8 Å². The molecule has 18 heavy (non-hydrogen) atoms. The van der Waals surface area contributed by atoms with Crippen LogP contribution in [0, 0.1) is 6.07 Å². The van der Waals surface area contributed by atoms with Crippen molar-refractivity contribution in [3.8, 4) is 0 Å². The lowest BCUT2D eigenvalue weighted by Gasteiger charge is -2.10. The van der Waals surface area contributed by atoms with Crippen LogP contribution in [0.25, 0.3) is 0 Å². The van der Waals surface area contributed by atoms with E-state index in [1.165, 1.54) is 12.1 Å². The summed E-state index contributed by atoms with van der Waals surface area (Å²) < 4.78 is 26.7. The van der Waals surface area contributed by atoms with Crippen LogP contribution in [0.15, 0.2) is 47.4 Å². The third kappa shape index (κ3) is 2.77. The van der Waals surface area contributed by atoms with E-state index in [1.807, 2.05) is 0 Å². The zero-order valence-corrected chi connectivity index (χ0v) is 11.4. The zero-order chi connectivity index (χ0) is 13.2. The van der Waals surface area contributed by atoms with E-state index in [0.29, 0.717) is 5.69 Å². The van der Waals surface area contributed by atoms with Crippen LogP contribution in [0.4, 0.5) is 5.69 Å². The van der Waals surface area contributed by atoms with Gasteiger partial charge in [-0.15, -0.1) is 0 Å². The second-order valence-corrected chi connectivity index (χ2v) is 5.88. The molecular formula is C12H8Cl2NO2S. The fourth-order valence-electron chi connectivity index (χ4n) is 1.40. The lowest BCUT2D eigenvalue weighted by atomic mass is 10.3. The molecule has 0 bridgehead atoms. The highest BCUT2D eigenvalue weighted by Crippen LogP contribution is 2.30. The van der Waals surface area contributed by atoms with Crippen molar-refractivity contribution in [1.82, 2.24) is 0 Å². The lowest BCUT2D eigenvalue weighted by molar-refractivity contribution is 0.601. The van der Waals surface area contributed by atoms with Crippen molar-refractivity contribution in [2.45, 2.75) is 4.90 Å². The molecule has 2 rings (SSSR count). The van der Waals surface area contributed by atoms with Crippen molar-refractivity contribution in [1.29, 1.82) is 0 Å². The molecule has 0 aliphatic carbocycles. The fraction of sp³-hybridized carbons (Fsp3) is 0. The predicted molar refractivity (Wildman–Crippen MR) is 72.5 cm³/mol. The Labute approximate surface area is 115 Å². The summed E-state index contributed by atoms with van der Waals surface area (Å²) in [5, 5.41) is 0.162. The van der Waals surface area contributed by atoms with Crippen molar-refractivity contribution in [2.75, 3.05) is 4.72 Å². The second kappa shape index (κ2) is 5.18. The summed E-state index contributed by atoms with van der Waals surface area (Å²) in [6.07, 6.45) is 0. The molecule has 0 spiro atoms. The number of halogens is 2. The summed E-state index contributed by atoms with van der Waals surface area (Å²) in [6, 6.07) is 13.7. The van der Waals surface area contributed by atoms with Crippen molar-refractivity contribution >= 4 is 38.9 Å². The van der Waals surface area contributed by atoms with Gasteiger partial charge in [-0.05, 0) is 30.3 Å². The van der Waals surface area contributed by atoms with Gasteiger partial charge in [0.2, 0.25) is 0 Å². The molecule has 2 aromatic rings. The van der Waals surface area contributed by atoms with Crippen LogP contribution >= 0.6 is 23.2 Å². The maximum absolute atomic E-state index is 12.2. The molecule has 0 aliphatic heterocycles. The number of anilines is 1. The van der Waals surface area contributed by atoms with E-state index in [0.717, 1.165) is 0 Å². The van der Waals surface area contributed by atoms with Gasteiger partial charge in [0, 0.05) is 5.69 Å². The molecular weight excluding hydrogens is 293 g/mol. The molecule has 0 saturated carbocycles. The summed E-state index contributed by atoms with van der Waals surface area (Å²) in [6.45, 7) is 0. The molecule has 0 aromatic heterocycles. The van der Waals surface area contributed by atoms with E-state index < -0.39 is 10.0 Å². The van der Waals surface area contributed by atoms with Crippen molar-refractivity contribution in [2.24, 2.45) is 0 Å². The smallest absolute Gasteiger partial charge is 0.264 e. The van der Waals surface area contributed by atoms with E-state index in [4.69, 9.17) is 23.2 Å². The minimum absolute atomic E-state index is 0.0810. The van der Waals surface area contributed by atoms with Gasteiger partial charge in [-0.3, -0.25) is 4.72 Å². The largest absolute Gasteiger partial charge is 0.280 e. The third-order valence-corrected chi connectivity index (χ3v) is 4.49. The number of nitrogens with one attached hydrogen (secondary N) is 1. The highest BCUT2D eigenvalue weighted by atomic mass is 35.5. The minimum atomic E-state index is -3.80. The molecule has 2 aromatic carbocycles. The molecule has 6 heteroatoms. The molecule has 1 N–H and O–H groups in total. The third-order valence-electron chi connectivity index (χ3n) is 2.16. The van der Waals surface area contributed by atoms with Gasteiger partial charge in [0.15, 0.2) is 0 Å². The van der Waals surface area contributed by atoms with Crippen LogP contribution in [-0.2, 0) is 10.0 Å². The van der Waals surface area contributed by atoms with Crippen molar-refractivity contribution in [3.63, 3.8) is 0 Å². The Hall–Kier alpha value is -1.23. The van der Waals surface area contributed by atoms with Gasteiger partial charge in [-0.1, -0.05) is 41.4 Å². The average Bonchev–Trinajstić information content (AvgIpc) is 2.28. The molecule has 3 nitrogen and oxygen atoms in total. The average molecular weight is 301 g/mol. The topological polar surface area (TPSA) is 46.2 Å². The van der Waals surface area contributed by atoms with Crippen LogP contribution in [0.2, 0.25) is 10.0 Å². The lowest BCUT2D eigenvalue weighted by Crippen LogP contribution is -2.13. The first-order valence-corrected chi connectivity index (χ1v) is 7.17. The molecule has 1 radical (unpaired) electrons. The predicted octanol–water partition coefficient (Wildman–Crippen LogP) is 3.59. The Kier molecular flexibility index (Phi) is 3.80. The number of rotatable bonds is 3. The molecule has 0 fully saturated rings. The van der Waals surface area contributed by atoms with Gasteiger partial charge < -0.3 is 0 Å². The second-order valence-electron chi connectivity index (χ2n) is 3.44. The number of hydrogen-bond acceptors (Lipinski definition) is 2. The Bertz CT molecular complexity index is 637. The summed E-state index contributed by atoms with van der Waals surface area (Å²) in [4.78, 5) is -0.124. The Morgan fingerprint density at radius 2 is 1.56 bits per heavy atom. The SMILES string of the molecule is O=S(=O)(Nc1cc[c]cc1)c1c(Cl)cccc1Cl. The molecule has 93 valence electrons. The van der Waals surface area contributed by atoms with Gasteiger partial charge in [0.25, 0.3) is 10.0 Å². The van der Waals surface area contributed by atoms with Crippen LogP contribution < -0.4 is 4.72 Å². The van der Waals surface area contributed by atoms with Crippen LogP contribution in [0.5, 0.6) is 0 Å². The summed E-state index contributed by atoms with van der Waals surface area (Å²) in [7, 11) is -3.80. The Balaban J connectivity index is 2.44. The van der Waals surface area contributed by atoms with E-state index in [-0.39, 0.29) is 14.9 Å². The summed E-state index contributed by atoms with van der Waals surface area (Å²) >= 11 is 11.7. The minimum Gasteiger partial charge on any atom is -0.280 e. The van der Waals surface area contributed by atoms with Gasteiger partial charge in [0.1, 0.15) is 4.90 Å². The fourth-order valence-corrected chi connectivity index (χ4v) is 3.61. The molecule has 0 unspecified atom stereocenters. The zero-order valence-electron chi connectivity index (χ0n) is 9.02. The quantitative estimate of drug-likeness (QED) is 0.941. The number of benzene rings is 2. The molecule has 0 aliphatic rings. The van der Waals surface area contributed by atoms with Crippen molar-refractivity contribution in [3.05, 3.63) is 58.6 Å². The normalized spacial score (nSPS) is 11.2. The van der Waals surface area contributed by atoms with Gasteiger partial charge in [-0.2, -0.15) is 0 Å². The van der Waals surface area contributed by atoms with Crippen LogP contribution in [0.1, 0.15) is 0 Å². The number of sulfonamides is 1. The number of hydrogen-bond donors (Lipinski definition) is 1. The molecule has 0 amide bonds. The monoisotopic (exact) mass is 300 g/mol. The van der Waals surface area contributed by atoms with Crippen LogP contribution in [0.3, 0.4) is 0 Å². The van der Waals surface area contributed by atoms with Crippen LogP contribution in [-0.4, -0.2) is 8.42 Å². The van der Waals surface area contributed by atoms with E-state index in [9.17, 15) is 8.42 Å². The molecule has 0 saturated heterocycles. The van der Waals surface area contributed by atoms with Crippen molar-refractivity contribution < 1.29 is 8.42 Å². The first kappa shape index (κ1) is 13.2. The van der Waals surface area contributed by atoms with E-state index >= 15 is 0 Å². The maximum Gasteiger partial charge on any atom is 0.264 e. The van der Waals surface area contributed by atoms with Gasteiger partial charge in [0.05, 0.1) is 10.0 Å². The maximum atomic E-state index is 12.2. The highest BCUT2D eigenvalue weighted by molar-refractivity contribution is 7.93. The highest BCUT2D eigenvalue weighted by Gasteiger charge is 2.21. The molecule has 0 atom stereocenters.